The number of hydrogen-bond acceptors (Lipinski definition) is 6. The van der Waals surface area contributed by atoms with Crippen LogP contribution in [0.2, 0.25) is 0 Å². The second-order valence-electron chi connectivity index (χ2n) is 19.8. The van der Waals surface area contributed by atoms with E-state index in [1.165, 1.54) is 55.0 Å². The largest absolute Gasteiger partial charge is 0.351 e. The first-order valence-corrected chi connectivity index (χ1v) is 31.9. The zero-order chi connectivity index (χ0) is 52.4. The molecule has 0 aliphatic carbocycles. The molecule has 0 spiro atoms. The van der Waals surface area contributed by atoms with E-state index in [-0.39, 0.29) is 5.91 Å². The number of carbonyl (C=O) groups is 1. The fourth-order valence-electron chi connectivity index (χ4n) is 9.08. The number of amides is 1. The van der Waals surface area contributed by atoms with Gasteiger partial charge in [-0.1, -0.05) is 140 Å². The maximum atomic E-state index is 11.2. The number of nitrogen functional groups attached to an aromatic ring is 1. The Morgan fingerprint density at radius 2 is 1.07 bits per heavy atom. The van der Waals surface area contributed by atoms with Gasteiger partial charge in [-0.3, -0.25) is 9.79 Å². The minimum absolute atomic E-state index is 0.0729. The molecule has 6 aromatic carbocycles. The number of halogens is 6. The monoisotopic (exact) mass is 1110 g/mol. The molecule has 0 unspecified atom stereocenters. The molecule has 1 amide bonds. The van der Waals surface area contributed by atoms with Gasteiger partial charge in [0, 0.05) is 68.5 Å². The van der Waals surface area contributed by atoms with E-state index in [9.17, 15) is 4.79 Å². The maximum Gasteiger partial charge on any atom is 0.251 e. The molecule has 2 aromatic heterocycles. The Morgan fingerprint density at radius 1 is 0.625 bits per heavy atom. The number of fused-ring (bicyclic) bond motifs is 6. The van der Waals surface area contributed by atoms with Crippen molar-refractivity contribution in [2.45, 2.75) is 81.1 Å². The first kappa shape index (κ1) is 57.1. The quantitative estimate of drug-likeness (QED) is 0.0681. The number of furan rings is 2. The Morgan fingerprint density at radius 3 is 1.58 bits per heavy atom. The molecule has 72 heavy (non-hydrogen) atoms. The molecule has 0 atom stereocenters. The molecule has 14 heteroatoms. The van der Waals surface area contributed by atoms with Crippen molar-refractivity contribution in [2.24, 2.45) is 28.7 Å². The predicted molar refractivity (Wildman–Crippen MR) is 317 cm³/mol. The van der Waals surface area contributed by atoms with Gasteiger partial charge in [0.2, 0.25) is 0 Å². The molecule has 3 N–H and O–H groups in total. The van der Waals surface area contributed by atoms with Gasteiger partial charge in [0.1, 0.15) is 28.2 Å². The van der Waals surface area contributed by atoms with Crippen molar-refractivity contribution in [1.82, 2.24) is 5.32 Å². The number of hydrogen-bond donors (Lipinski definition) is 2. The van der Waals surface area contributed by atoms with Crippen molar-refractivity contribution in [3.63, 3.8) is 0 Å². The number of nitrogens with two attached hydrogens (primary N) is 1. The minimum atomic E-state index is -3.69. The molecule has 1 aliphatic rings. The molecular formula is C58H67Cl6N4O3P. The average molecular weight is 1110 g/mol. The van der Waals surface area contributed by atoms with Gasteiger partial charge in [-0.05, 0) is 96.9 Å². The smallest absolute Gasteiger partial charge is 0.251 e. The van der Waals surface area contributed by atoms with E-state index in [4.69, 9.17) is 87.4 Å². The average Bonchev–Trinajstić information content (AvgIpc) is 4.05. The fraction of sp³-hybridized carbons (Fsp3) is 0.345. The van der Waals surface area contributed by atoms with E-state index in [1.807, 2.05) is 30.3 Å². The number of aliphatic imine (C=N–C) groups is 1. The number of benzene rings is 6. The number of rotatable bonds is 13. The Labute approximate surface area is 454 Å². The van der Waals surface area contributed by atoms with E-state index in [1.54, 1.807) is 12.1 Å². The Balaban J connectivity index is 0.000000182. The number of carbonyl (C=O) groups excluding carboxylic acids is 1. The van der Waals surface area contributed by atoms with Gasteiger partial charge in [0.15, 0.2) is 0 Å². The van der Waals surface area contributed by atoms with Crippen LogP contribution in [0.4, 0.5) is 11.4 Å². The van der Waals surface area contributed by atoms with Crippen molar-refractivity contribution in [3.05, 3.63) is 155 Å². The maximum absolute atomic E-state index is 11.2. The number of nitrogens with one attached hydrogen (secondary N) is 1. The van der Waals surface area contributed by atoms with Crippen LogP contribution in [0, 0.1) is 23.7 Å². The second kappa shape index (κ2) is 25.4. The Kier molecular flexibility index (Phi) is 20.1. The van der Waals surface area contributed by atoms with Crippen LogP contribution in [-0.4, -0.2) is 37.3 Å². The first-order chi connectivity index (χ1) is 34.1. The molecule has 0 saturated carbocycles. The van der Waals surface area contributed by atoms with Gasteiger partial charge in [-0.25, -0.2) is 0 Å². The topological polar surface area (TPSA) is 97.0 Å². The third-order valence-corrected chi connectivity index (χ3v) is 11.9. The molecule has 9 rings (SSSR count). The molecule has 0 bridgehead atoms. The molecular weight excluding hydrogens is 1040 g/mol. The van der Waals surface area contributed by atoms with Crippen molar-refractivity contribution in [3.8, 4) is 0 Å². The number of amidine groups is 1. The van der Waals surface area contributed by atoms with Crippen LogP contribution in [0.1, 0.15) is 93.6 Å². The van der Waals surface area contributed by atoms with Gasteiger partial charge in [-0.15, -0.1) is 11.6 Å². The summed E-state index contributed by atoms with van der Waals surface area (Å²) in [7, 11) is 0. The summed E-state index contributed by atoms with van der Waals surface area (Å²) in [6, 6.07) is 41.0. The fourth-order valence-corrected chi connectivity index (χ4v) is 9.17. The van der Waals surface area contributed by atoms with Crippen LogP contribution in [0.5, 0.6) is 0 Å². The van der Waals surface area contributed by atoms with Crippen LogP contribution in [0.15, 0.2) is 135 Å². The van der Waals surface area contributed by atoms with Gasteiger partial charge < -0.3 is 24.8 Å². The third kappa shape index (κ3) is 15.9. The number of alkyl halides is 1. The van der Waals surface area contributed by atoms with E-state index < -0.39 is 3.37 Å². The van der Waals surface area contributed by atoms with Gasteiger partial charge in [0.25, 0.3) is 5.91 Å². The second-order valence-corrected chi connectivity index (χ2v) is 36.8. The summed E-state index contributed by atoms with van der Waals surface area (Å²) in [6.07, 6.45) is 3.98. The summed E-state index contributed by atoms with van der Waals surface area (Å²) in [5, 5.41) is 7.52. The van der Waals surface area contributed by atoms with Gasteiger partial charge >= 0.3 is 59.6 Å². The number of para-hydroxylation sites is 2. The van der Waals surface area contributed by atoms with Gasteiger partial charge in [0.05, 0.1) is 12.2 Å². The van der Waals surface area contributed by atoms with Crippen LogP contribution in [0.25, 0.3) is 43.9 Å². The normalized spacial score (nSPS) is 13.2. The minimum Gasteiger partial charge on any atom is -0.351 e. The zero-order valence-corrected chi connectivity index (χ0v) is 47.9. The van der Waals surface area contributed by atoms with Crippen molar-refractivity contribution in [1.29, 1.82) is 0 Å². The van der Waals surface area contributed by atoms with Crippen molar-refractivity contribution < 1.29 is 13.6 Å². The van der Waals surface area contributed by atoms with Crippen LogP contribution in [-0.2, 0) is 25.7 Å². The van der Waals surface area contributed by atoms with Crippen LogP contribution in [0.3, 0.4) is 0 Å². The van der Waals surface area contributed by atoms with Crippen molar-refractivity contribution in [2.75, 3.05) is 36.1 Å². The molecule has 3 heterocycles. The third-order valence-electron chi connectivity index (χ3n) is 11.8. The van der Waals surface area contributed by atoms with Crippen molar-refractivity contribution >= 4 is 138 Å². The van der Waals surface area contributed by atoms with Gasteiger partial charge in [-0.2, -0.15) is 0 Å². The SMILES string of the molecule is CC(C)Cc1cc2c(oc3ccccc32)c(CC(C)C)c1N.CC(C)Cc1cc2c(oc3ccccc32)c(CC(C)C)c1N1CCN=C1c1ccccc1.ClP(Cl)(Cl)(Cl)Cl.O=C(NCCCl)c1ccccc1. The summed E-state index contributed by atoms with van der Waals surface area (Å²) < 4.78 is 8.98. The molecule has 0 saturated heterocycles. The summed E-state index contributed by atoms with van der Waals surface area (Å²) >= 11 is 30.3. The van der Waals surface area contributed by atoms with Crippen LogP contribution >= 0.6 is 71.2 Å². The molecule has 1 aliphatic heterocycles. The Hall–Kier alpha value is -4.17. The summed E-state index contributed by atoms with van der Waals surface area (Å²) in [6.45, 7) is 20.4. The number of nitrogens with zero attached hydrogens (tertiary/aromatic N) is 2. The molecule has 384 valence electrons. The van der Waals surface area contributed by atoms with E-state index in [0.717, 1.165) is 72.6 Å². The molecule has 0 radical (unpaired) electrons. The zero-order valence-electron chi connectivity index (χ0n) is 42.4. The molecule has 8 aromatic rings. The van der Waals surface area contributed by atoms with E-state index in [0.29, 0.717) is 41.7 Å². The predicted octanol–water partition coefficient (Wildman–Crippen LogP) is 18.8. The first-order valence-electron chi connectivity index (χ1n) is 24.6. The number of anilines is 2. The summed E-state index contributed by atoms with van der Waals surface area (Å²) in [4.78, 5) is 18.6. The Bertz CT molecular complexity index is 3090. The summed E-state index contributed by atoms with van der Waals surface area (Å²) in [5.41, 5.74) is 19.7. The molecule has 0 fully saturated rings. The van der Waals surface area contributed by atoms with E-state index in [2.05, 4.69) is 144 Å². The summed E-state index contributed by atoms with van der Waals surface area (Å²) in [5.74, 6) is 3.68. The van der Waals surface area contributed by atoms with Crippen LogP contribution < -0.4 is 16.0 Å². The standard InChI is InChI=1S/C29H32N2O.C20H25NO.C9H10ClNO.Cl5P/c1-19(2)16-22-18-24-23-12-8-9-13-26(23)32-28(24)25(17-20(3)4)27(22)31-15-14-30-29(31)21-10-6-5-7-11-21;1-12(2)9-14-11-16-15-7-5-6-8-18(15)22-20(16)17(19(14)21)10-13(3)4;10-6-7-11-9(12)8-4-2-1-3-5-8;1-6(2,3,4)5/h5-13,18-20H,14-17H2,1-4H3;5-8,11-13H,9-10,21H2,1-4H3;1-5H,6-7H2,(H,11,12);. The molecule has 7 nitrogen and oxygen atoms in total. The van der Waals surface area contributed by atoms with E-state index >= 15 is 0 Å².